The molecule has 0 spiro atoms. The van der Waals surface area contributed by atoms with Crippen LogP contribution in [0.4, 0.5) is 13.2 Å². The number of ether oxygens (including phenoxy) is 1. The number of benzene rings is 1. The molecule has 1 atom stereocenters. The average molecular weight is 290 g/mol. The van der Waals surface area contributed by atoms with Gasteiger partial charge in [-0.2, -0.15) is 13.2 Å². The number of hydrogen-bond acceptors (Lipinski definition) is 3. The van der Waals surface area contributed by atoms with Gasteiger partial charge in [-0.3, -0.25) is 4.79 Å². The summed E-state index contributed by atoms with van der Waals surface area (Å²) in [4.78, 5) is 11.2. The smallest absolute Gasteiger partial charge is 0.416 e. The van der Waals surface area contributed by atoms with Crippen molar-refractivity contribution >= 4 is 5.91 Å². The number of nitrogens with one attached hydrogen (secondary N) is 1. The Morgan fingerprint density at radius 3 is 2.45 bits per heavy atom. The van der Waals surface area contributed by atoms with Crippen LogP contribution in [0.2, 0.25) is 0 Å². The molecule has 1 aromatic carbocycles. The maximum absolute atomic E-state index is 12.3. The van der Waals surface area contributed by atoms with Crippen LogP contribution in [-0.2, 0) is 11.0 Å². The summed E-state index contributed by atoms with van der Waals surface area (Å²) in [5.74, 6) is 0.135. The van der Waals surface area contributed by atoms with Gasteiger partial charge in [-0.05, 0) is 31.2 Å². The van der Waals surface area contributed by atoms with Crippen LogP contribution in [0, 0.1) is 0 Å². The number of amides is 1. The molecule has 7 heteroatoms. The number of alkyl halides is 3. The molecule has 0 saturated carbocycles. The molecule has 0 bridgehead atoms. The van der Waals surface area contributed by atoms with Crippen LogP contribution in [-0.4, -0.2) is 25.1 Å². The Morgan fingerprint density at radius 1 is 1.35 bits per heavy atom. The van der Waals surface area contributed by atoms with E-state index in [-0.39, 0.29) is 31.5 Å². The van der Waals surface area contributed by atoms with Crippen molar-refractivity contribution in [2.75, 3.05) is 13.2 Å². The summed E-state index contributed by atoms with van der Waals surface area (Å²) in [5, 5.41) is 2.60. The van der Waals surface area contributed by atoms with Crippen LogP contribution < -0.4 is 15.8 Å². The molecule has 0 radical (unpaired) electrons. The van der Waals surface area contributed by atoms with Gasteiger partial charge in [0, 0.05) is 12.5 Å². The topological polar surface area (TPSA) is 64.4 Å². The van der Waals surface area contributed by atoms with Gasteiger partial charge >= 0.3 is 6.18 Å². The van der Waals surface area contributed by atoms with E-state index in [4.69, 9.17) is 10.5 Å². The second-order valence-corrected chi connectivity index (χ2v) is 4.40. The van der Waals surface area contributed by atoms with E-state index < -0.39 is 11.7 Å². The van der Waals surface area contributed by atoms with Gasteiger partial charge in [-0.1, -0.05) is 0 Å². The lowest BCUT2D eigenvalue weighted by molar-refractivity contribution is -0.137. The molecule has 0 aromatic heterocycles. The molecule has 112 valence electrons. The molecule has 4 nitrogen and oxygen atoms in total. The first-order valence-corrected chi connectivity index (χ1v) is 6.11. The first-order valence-electron chi connectivity index (χ1n) is 6.11. The van der Waals surface area contributed by atoms with Gasteiger partial charge in [0.1, 0.15) is 12.4 Å². The number of rotatable bonds is 6. The fraction of sp³-hybridized carbons (Fsp3) is 0.462. The summed E-state index contributed by atoms with van der Waals surface area (Å²) >= 11 is 0. The molecule has 1 aromatic rings. The molecule has 0 aliphatic rings. The third-order valence-electron chi connectivity index (χ3n) is 2.38. The Morgan fingerprint density at radius 2 is 1.95 bits per heavy atom. The molecule has 1 rings (SSSR count). The van der Waals surface area contributed by atoms with Crippen molar-refractivity contribution in [1.82, 2.24) is 5.32 Å². The molecule has 0 saturated heterocycles. The van der Waals surface area contributed by atoms with Crippen molar-refractivity contribution in [3.63, 3.8) is 0 Å². The predicted octanol–water partition coefficient (Wildman–Crippen LogP) is 1.94. The summed E-state index contributed by atoms with van der Waals surface area (Å²) in [6.45, 7) is 2.17. The average Bonchev–Trinajstić information content (AvgIpc) is 2.33. The highest BCUT2D eigenvalue weighted by atomic mass is 19.4. The van der Waals surface area contributed by atoms with Crippen LogP contribution in [0.25, 0.3) is 0 Å². The highest BCUT2D eigenvalue weighted by Crippen LogP contribution is 2.30. The van der Waals surface area contributed by atoms with Gasteiger partial charge in [-0.15, -0.1) is 0 Å². The third kappa shape index (κ3) is 5.92. The maximum atomic E-state index is 12.3. The van der Waals surface area contributed by atoms with Gasteiger partial charge < -0.3 is 15.8 Å². The van der Waals surface area contributed by atoms with Crippen LogP contribution in [0.5, 0.6) is 5.75 Å². The molecule has 0 fully saturated rings. The maximum Gasteiger partial charge on any atom is 0.416 e. The van der Waals surface area contributed by atoms with Gasteiger partial charge in [0.05, 0.1) is 12.1 Å². The van der Waals surface area contributed by atoms with E-state index in [0.717, 1.165) is 12.1 Å². The monoisotopic (exact) mass is 290 g/mol. The zero-order chi connectivity index (χ0) is 15.2. The van der Waals surface area contributed by atoms with Crippen molar-refractivity contribution in [3.8, 4) is 5.75 Å². The lowest BCUT2D eigenvalue weighted by Gasteiger charge is -2.10. The molecule has 3 N–H and O–H groups in total. The quantitative estimate of drug-likeness (QED) is 0.787. The molecule has 20 heavy (non-hydrogen) atoms. The number of nitrogens with two attached hydrogens (primary N) is 1. The van der Waals surface area contributed by atoms with E-state index in [1.54, 1.807) is 6.92 Å². The minimum atomic E-state index is -4.36. The van der Waals surface area contributed by atoms with Crippen molar-refractivity contribution in [1.29, 1.82) is 0 Å². The number of hydrogen-bond donors (Lipinski definition) is 2. The summed E-state index contributed by atoms with van der Waals surface area (Å²) in [6, 6.07) is 4.17. The van der Waals surface area contributed by atoms with Gasteiger partial charge in [0.2, 0.25) is 5.91 Å². The molecule has 0 aliphatic carbocycles. The van der Waals surface area contributed by atoms with Crippen molar-refractivity contribution in [3.05, 3.63) is 29.8 Å². The van der Waals surface area contributed by atoms with E-state index in [0.29, 0.717) is 5.75 Å². The van der Waals surface area contributed by atoms with E-state index >= 15 is 0 Å². The lowest BCUT2D eigenvalue weighted by atomic mass is 10.2. The highest BCUT2D eigenvalue weighted by Gasteiger charge is 2.29. The minimum absolute atomic E-state index is 0.177. The fourth-order valence-corrected chi connectivity index (χ4v) is 1.46. The van der Waals surface area contributed by atoms with Crippen LogP contribution in [0.3, 0.4) is 0 Å². The Hall–Kier alpha value is -1.76. The number of halogens is 3. The molecular weight excluding hydrogens is 273 g/mol. The minimum Gasteiger partial charge on any atom is -0.492 e. The summed E-state index contributed by atoms with van der Waals surface area (Å²) in [6.07, 6.45) is -4.13. The molecule has 1 amide bonds. The predicted molar refractivity (Wildman–Crippen MR) is 68.2 cm³/mol. The van der Waals surface area contributed by atoms with E-state index in [1.165, 1.54) is 12.1 Å². The summed E-state index contributed by atoms with van der Waals surface area (Å²) < 4.78 is 42.2. The zero-order valence-corrected chi connectivity index (χ0v) is 11.0. The normalized spacial score (nSPS) is 12.8. The van der Waals surface area contributed by atoms with Gasteiger partial charge in [0.25, 0.3) is 0 Å². The molecule has 0 heterocycles. The van der Waals surface area contributed by atoms with E-state index in [2.05, 4.69) is 5.32 Å². The second-order valence-electron chi connectivity index (χ2n) is 4.40. The first-order chi connectivity index (χ1) is 9.29. The molecule has 1 unspecified atom stereocenters. The van der Waals surface area contributed by atoms with Gasteiger partial charge in [-0.25, -0.2) is 0 Å². The third-order valence-corrected chi connectivity index (χ3v) is 2.38. The Balaban J connectivity index is 2.31. The lowest BCUT2D eigenvalue weighted by Crippen LogP contribution is -2.32. The fourth-order valence-electron chi connectivity index (χ4n) is 1.46. The van der Waals surface area contributed by atoms with E-state index in [1.807, 2.05) is 0 Å². The Bertz CT molecular complexity index is 430. The second kappa shape index (κ2) is 7.14. The van der Waals surface area contributed by atoms with Crippen molar-refractivity contribution < 1.29 is 22.7 Å². The van der Waals surface area contributed by atoms with Crippen LogP contribution in [0.15, 0.2) is 24.3 Å². The largest absolute Gasteiger partial charge is 0.492 e. The van der Waals surface area contributed by atoms with Crippen LogP contribution >= 0.6 is 0 Å². The molecule has 0 aliphatic heterocycles. The van der Waals surface area contributed by atoms with Crippen molar-refractivity contribution in [2.45, 2.75) is 25.6 Å². The zero-order valence-electron chi connectivity index (χ0n) is 11.0. The highest BCUT2D eigenvalue weighted by molar-refractivity contribution is 5.76. The Kier molecular flexibility index (Phi) is 5.82. The van der Waals surface area contributed by atoms with Crippen LogP contribution in [0.1, 0.15) is 18.9 Å². The summed E-state index contributed by atoms with van der Waals surface area (Å²) in [7, 11) is 0. The van der Waals surface area contributed by atoms with Crippen molar-refractivity contribution in [2.24, 2.45) is 5.73 Å². The number of carbonyl (C=O) groups excluding carboxylic acids is 1. The van der Waals surface area contributed by atoms with E-state index in [9.17, 15) is 18.0 Å². The SMILES string of the molecule is CC(N)CC(=O)NCCOc1ccc(C(F)(F)F)cc1. The summed E-state index contributed by atoms with van der Waals surface area (Å²) in [5.41, 5.74) is 4.73. The Labute approximate surface area is 115 Å². The standard InChI is InChI=1S/C13H17F3N2O2/c1-9(17)8-12(19)18-6-7-20-11-4-2-10(3-5-11)13(14,15)16/h2-5,9H,6-8,17H2,1H3,(H,18,19). The number of carbonyl (C=O) groups is 1. The first kappa shape index (κ1) is 16.3. The molecular formula is C13H17F3N2O2. The van der Waals surface area contributed by atoms with Gasteiger partial charge in [0.15, 0.2) is 0 Å².